The fourth-order valence-electron chi connectivity index (χ4n) is 1.68. The summed E-state index contributed by atoms with van der Waals surface area (Å²) < 4.78 is 26.0. The molecule has 18 heavy (non-hydrogen) atoms. The summed E-state index contributed by atoms with van der Waals surface area (Å²) >= 11 is 5.56. The molecule has 0 bridgehead atoms. The highest BCUT2D eigenvalue weighted by atomic mass is 35.5. The summed E-state index contributed by atoms with van der Waals surface area (Å²) in [5, 5.41) is 9.98. The average Bonchev–Trinajstić information content (AvgIpc) is 2.35. The molecule has 1 N–H and O–H groups in total. The summed E-state index contributed by atoms with van der Waals surface area (Å²) in [7, 11) is 0. The minimum Gasteiger partial charge on any atom is -0.388 e. The first kappa shape index (κ1) is 13.0. The number of halogens is 3. The third-order valence-corrected chi connectivity index (χ3v) is 2.98. The van der Waals surface area contributed by atoms with Crippen molar-refractivity contribution in [2.24, 2.45) is 0 Å². The van der Waals surface area contributed by atoms with Gasteiger partial charge in [-0.1, -0.05) is 29.8 Å². The molecule has 0 aromatic heterocycles. The Hall–Kier alpha value is -1.45. The molecule has 0 heterocycles. The molecule has 0 fully saturated rings. The van der Waals surface area contributed by atoms with E-state index in [0.29, 0.717) is 12.0 Å². The summed E-state index contributed by atoms with van der Waals surface area (Å²) in [6.07, 6.45) is -0.552. The first-order valence-corrected chi connectivity index (χ1v) is 5.81. The van der Waals surface area contributed by atoms with Crippen molar-refractivity contribution in [3.05, 3.63) is 70.2 Å². The van der Waals surface area contributed by atoms with E-state index in [1.54, 1.807) is 18.2 Å². The van der Waals surface area contributed by atoms with Crippen LogP contribution in [0.2, 0.25) is 5.02 Å². The Morgan fingerprint density at radius 3 is 2.33 bits per heavy atom. The maximum atomic E-state index is 13.2. The van der Waals surface area contributed by atoms with Crippen molar-refractivity contribution in [3.63, 3.8) is 0 Å². The zero-order valence-electron chi connectivity index (χ0n) is 9.41. The molecule has 4 heteroatoms. The van der Waals surface area contributed by atoms with Gasteiger partial charge >= 0.3 is 0 Å². The van der Waals surface area contributed by atoms with E-state index in [2.05, 4.69) is 0 Å². The van der Waals surface area contributed by atoms with Gasteiger partial charge in [-0.05, 0) is 35.4 Å². The standard InChI is InChI=1S/C14H11ClF2O/c15-12-6-3-10(8-13(12)17)14(18)7-9-1-4-11(16)5-2-9/h1-6,8,14,18H,7H2. The lowest BCUT2D eigenvalue weighted by molar-refractivity contribution is 0.178. The molecule has 2 aromatic carbocycles. The predicted molar refractivity (Wildman–Crippen MR) is 66.5 cm³/mol. The van der Waals surface area contributed by atoms with E-state index < -0.39 is 11.9 Å². The molecule has 0 aliphatic heterocycles. The Balaban J connectivity index is 2.13. The van der Waals surface area contributed by atoms with Crippen molar-refractivity contribution < 1.29 is 13.9 Å². The van der Waals surface area contributed by atoms with Crippen molar-refractivity contribution in [2.45, 2.75) is 12.5 Å². The minimum absolute atomic E-state index is 0.0210. The highest BCUT2D eigenvalue weighted by Gasteiger charge is 2.11. The van der Waals surface area contributed by atoms with E-state index in [-0.39, 0.29) is 10.8 Å². The molecule has 1 nitrogen and oxygen atoms in total. The molecule has 0 aliphatic rings. The van der Waals surface area contributed by atoms with Crippen LogP contribution < -0.4 is 0 Å². The maximum Gasteiger partial charge on any atom is 0.142 e. The van der Waals surface area contributed by atoms with Crippen LogP contribution in [0.15, 0.2) is 42.5 Å². The highest BCUT2D eigenvalue weighted by Crippen LogP contribution is 2.23. The molecule has 0 spiro atoms. The lowest BCUT2D eigenvalue weighted by atomic mass is 10.0. The topological polar surface area (TPSA) is 20.2 Å². The Kier molecular flexibility index (Phi) is 3.94. The normalized spacial score (nSPS) is 12.4. The van der Waals surface area contributed by atoms with Gasteiger partial charge in [-0.2, -0.15) is 0 Å². The van der Waals surface area contributed by atoms with Gasteiger partial charge in [0.15, 0.2) is 0 Å². The van der Waals surface area contributed by atoms with Gasteiger partial charge in [0.1, 0.15) is 11.6 Å². The molecule has 1 unspecified atom stereocenters. The van der Waals surface area contributed by atoms with Crippen LogP contribution in [0.25, 0.3) is 0 Å². The molecular weight excluding hydrogens is 258 g/mol. The van der Waals surface area contributed by atoms with Crippen LogP contribution in [0, 0.1) is 11.6 Å². The number of benzene rings is 2. The monoisotopic (exact) mass is 268 g/mol. The van der Waals surface area contributed by atoms with E-state index >= 15 is 0 Å². The number of aliphatic hydroxyl groups excluding tert-OH is 1. The second-order valence-electron chi connectivity index (χ2n) is 4.02. The van der Waals surface area contributed by atoms with Crippen molar-refractivity contribution >= 4 is 11.6 Å². The number of aliphatic hydroxyl groups is 1. The fourth-order valence-corrected chi connectivity index (χ4v) is 1.80. The zero-order chi connectivity index (χ0) is 13.1. The van der Waals surface area contributed by atoms with E-state index in [4.69, 9.17) is 11.6 Å². The third-order valence-electron chi connectivity index (χ3n) is 2.67. The largest absolute Gasteiger partial charge is 0.388 e. The molecule has 1 atom stereocenters. The Labute approximate surface area is 109 Å². The Bertz CT molecular complexity index is 540. The first-order chi connectivity index (χ1) is 8.56. The van der Waals surface area contributed by atoms with E-state index in [9.17, 15) is 13.9 Å². The van der Waals surface area contributed by atoms with Gasteiger partial charge in [0.25, 0.3) is 0 Å². The predicted octanol–water partition coefficient (Wildman–Crippen LogP) is 3.89. The molecular formula is C14H11ClF2O. The summed E-state index contributed by atoms with van der Waals surface area (Å²) in [5.41, 5.74) is 1.22. The van der Waals surface area contributed by atoms with E-state index in [0.717, 1.165) is 5.56 Å². The highest BCUT2D eigenvalue weighted by molar-refractivity contribution is 6.30. The average molecular weight is 269 g/mol. The van der Waals surface area contributed by atoms with Gasteiger partial charge in [0.05, 0.1) is 11.1 Å². The molecule has 2 rings (SSSR count). The minimum atomic E-state index is -0.845. The van der Waals surface area contributed by atoms with Crippen molar-refractivity contribution in [2.75, 3.05) is 0 Å². The van der Waals surface area contributed by atoms with Gasteiger partial charge in [-0.3, -0.25) is 0 Å². The van der Waals surface area contributed by atoms with Crippen LogP contribution in [-0.4, -0.2) is 5.11 Å². The van der Waals surface area contributed by atoms with Crippen LogP contribution in [0.3, 0.4) is 0 Å². The molecule has 0 saturated heterocycles. The SMILES string of the molecule is OC(Cc1ccc(F)cc1)c1ccc(Cl)c(F)c1. The van der Waals surface area contributed by atoms with Crippen LogP contribution in [0.1, 0.15) is 17.2 Å². The van der Waals surface area contributed by atoms with Crippen LogP contribution in [0.5, 0.6) is 0 Å². The van der Waals surface area contributed by atoms with Crippen LogP contribution in [0.4, 0.5) is 8.78 Å². The van der Waals surface area contributed by atoms with Crippen molar-refractivity contribution in [3.8, 4) is 0 Å². The third kappa shape index (κ3) is 3.06. The van der Waals surface area contributed by atoms with Gasteiger partial charge in [0.2, 0.25) is 0 Å². The quantitative estimate of drug-likeness (QED) is 0.895. The molecule has 0 saturated carbocycles. The van der Waals surface area contributed by atoms with Crippen LogP contribution in [-0.2, 0) is 6.42 Å². The lowest BCUT2D eigenvalue weighted by Crippen LogP contribution is -2.02. The summed E-state index contributed by atoms with van der Waals surface area (Å²) in [6.45, 7) is 0. The Morgan fingerprint density at radius 2 is 1.72 bits per heavy atom. The van der Waals surface area contributed by atoms with E-state index in [1.807, 2.05) is 0 Å². The maximum absolute atomic E-state index is 13.2. The second-order valence-corrected chi connectivity index (χ2v) is 4.43. The van der Waals surface area contributed by atoms with Gasteiger partial charge in [0, 0.05) is 6.42 Å². The molecule has 0 radical (unpaired) electrons. The lowest BCUT2D eigenvalue weighted by Gasteiger charge is -2.11. The van der Waals surface area contributed by atoms with Gasteiger partial charge < -0.3 is 5.11 Å². The van der Waals surface area contributed by atoms with Gasteiger partial charge in [-0.25, -0.2) is 8.78 Å². The smallest absolute Gasteiger partial charge is 0.142 e. The molecule has 2 aromatic rings. The summed E-state index contributed by atoms with van der Waals surface area (Å²) in [5.74, 6) is -0.891. The van der Waals surface area contributed by atoms with Crippen LogP contribution >= 0.6 is 11.6 Å². The van der Waals surface area contributed by atoms with Gasteiger partial charge in [-0.15, -0.1) is 0 Å². The first-order valence-electron chi connectivity index (χ1n) is 5.44. The number of hydrogen-bond acceptors (Lipinski definition) is 1. The molecule has 94 valence electrons. The molecule has 0 aliphatic carbocycles. The summed E-state index contributed by atoms with van der Waals surface area (Å²) in [4.78, 5) is 0. The van der Waals surface area contributed by atoms with E-state index in [1.165, 1.54) is 24.3 Å². The number of hydrogen-bond donors (Lipinski definition) is 1. The summed E-state index contributed by atoms with van der Waals surface area (Å²) in [6, 6.07) is 10.0. The molecule has 0 amide bonds. The number of rotatable bonds is 3. The van der Waals surface area contributed by atoms with Crippen molar-refractivity contribution in [1.29, 1.82) is 0 Å². The fraction of sp³-hybridized carbons (Fsp3) is 0.143. The van der Waals surface area contributed by atoms with Crippen molar-refractivity contribution in [1.82, 2.24) is 0 Å². The Morgan fingerprint density at radius 1 is 1.06 bits per heavy atom. The second kappa shape index (κ2) is 5.46. The zero-order valence-corrected chi connectivity index (χ0v) is 10.2.